The molecule has 10 heteroatoms. The zero-order valence-corrected chi connectivity index (χ0v) is 18.4. The van der Waals surface area contributed by atoms with Crippen molar-refractivity contribution in [3.63, 3.8) is 0 Å². The van der Waals surface area contributed by atoms with Gasteiger partial charge in [-0.15, -0.1) is 0 Å². The van der Waals surface area contributed by atoms with Gasteiger partial charge in [-0.2, -0.15) is 4.31 Å². The molecular formula is C20H30N4O5S. The SMILES string of the molecule is COC1CCC(C(=O)N2CCCC2c2nc3c(c(=O)[nH]2)CCN(S(C)(=O)=O)C3)CC1. The third-order valence-electron chi connectivity index (χ3n) is 6.73. The zero-order valence-electron chi connectivity index (χ0n) is 17.6. The van der Waals surface area contributed by atoms with Crippen molar-refractivity contribution in [2.45, 2.75) is 63.6 Å². The molecule has 0 aromatic carbocycles. The highest BCUT2D eigenvalue weighted by atomic mass is 32.2. The van der Waals surface area contributed by atoms with Crippen LogP contribution in [0, 0.1) is 5.92 Å². The molecule has 4 rings (SSSR count). The van der Waals surface area contributed by atoms with Crippen LogP contribution >= 0.6 is 0 Å². The summed E-state index contributed by atoms with van der Waals surface area (Å²) in [6, 6.07) is -0.260. The molecule has 1 N–H and O–H groups in total. The van der Waals surface area contributed by atoms with Crippen molar-refractivity contribution in [3.8, 4) is 0 Å². The van der Waals surface area contributed by atoms with E-state index in [0.717, 1.165) is 38.5 Å². The van der Waals surface area contributed by atoms with Gasteiger partial charge in [0.1, 0.15) is 5.82 Å². The first-order chi connectivity index (χ1) is 14.3. The summed E-state index contributed by atoms with van der Waals surface area (Å²) in [5, 5.41) is 0. The van der Waals surface area contributed by atoms with Gasteiger partial charge in [-0.05, 0) is 44.9 Å². The maximum absolute atomic E-state index is 13.2. The number of nitrogens with one attached hydrogen (secondary N) is 1. The molecule has 1 unspecified atom stereocenters. The van der Waals surface area contributed by atoms with Crippen molar-refractivity contribution in [2.24, 2.45) is 5.92 Å². The predicted molar refractivity (Wildman–Crippen MR) is 110 cm³/mol. The van der Waals surface area contributed by atoms with Gasteiger partial charge in [0.15, 0.2) is 0 Å². The van der Waals surface area contributed by atoms with E-state index >= 15 is 0 Å². The number of hydrogen-bond donors (Lipinski definition) is 1. The number of fused-ring (bicyclic) bond motifs is 1. The standard InChI is InChI=1S/C20H30N4O5S/c1-29-14-7-5-13(6-8-14)20(26)24-10-3-4-17(24)18-21-16-12-23(30(2,27)28)11-9-15(16)19(25)22-18/h13-14,17H,3-12H2,1-2H3,(H,21,22,25). The lowest BCUT2D eigenvalue weighted by Crippen LogP contribution is -2.41. The van der Waals surface area contributed by atoms with Gasteiger partial charge in [0.05, 0.1) is 30.6 Å². The maximum atomic E-state index is 13.2. The molecule has 1 aliphatic carbocycles. The fraction of sp³-hybridized carbons (Fsp3) is 0.750. The quantitative estimate of drug-likeness (QED) is 0.749. The van der Waals surface area contributed by atoms with Gasteiger partial charge in [-0.25, -0.2) is 13.4 Å². The van der Waals surface area contributed by atoms with Gasteiger partial charge in [-0.3, -0.25) is 9.59 Å². The number of nitrogens with zero attached hydrogens (tertiary/aromatic N) is 3. The van der Waals surface area contributed by atoms with E-state index in [0.29, 0.717) is 30.0 Å². The molecule has 1 atom stereocenters. The lowest BCUT2D eigenvalue weighted by atomic mass is 9.86. The highest BCUT2D eigenvalue weighted by Gasteiger charge is 2.37. The monoisotopic (exact) mass is 438 g/mol. The number of aromatic nitrogens is 2. The summed E-state index contributed by atoms with van der Waals surface area (Å²) in [6.07, 6.45) is 6.77. The van der Waals surface area contributed by atoms with Gasteiger partial charge < -0.3 is 14.6 Å². The fourth-order valence-corrected chi connectivity index (χ4v) is 5.75. The number of rotatable bonds is 4. The van der Waals surface area contributed by atoms with Crippen LogP contribution in [0.25, 0.3) is 0 Å². The Morgan fingerprint density at radius 1 is 1.17 bits per heavy atom. The van der Waals surface area contributed by atoms with Crippen LogP contribution in [0.5, 0.6) is 0 Å². The molecule has 1 aromatic heterocycles. The minimum atomic E-state index is -3.35. The molecule has 2 aliphatic heterocycles. The number of aromatic amines is 1. The van der Waals surface area contributed by atoms with Gasteiger partial charge in [0.25, 0.3) is 5.56 Å². The maximum Gasteiger partial charge on any atom is 0.254 e. The van der Waals surface area contributed by atoms with Crippen molar-refractivity contribution in [1.82, 2.24) is 19.2 Å². The summed E-state index contributed by atoms with van der Waals surface area (Å²) in [7, 11) is -1.64. The van der Waals surface area contributed by atoms with E-state index in [1.807, 2.05) is 4.90 Å². The van der Waals surface area contributed by atoms with Gasteiger partial charge in [0.2, 0.25) is 15.9 Å². The first-order valence-corrected chi connectivity index (χ1v) is 12.5. The molecule has 1 aromatic rings. The number of sulfonamides is 1. The second-order valence-electron chi connectivity index (χ2n) is 8.62. The number of ether oxygens (including phenoxy) is 1. The van der Waals surface area contributed by atoms with Crippen molar-refractivity contribution < 1.29 is 17.9 Å². The van der Waals surface area contributed by atoms with Crippen molar-refractivity contribution in [2.75, 3.05) is 26.5 Å². The molecule has 0 bridgehead atoms. The predicted octanol–water partition coefficient (Wildman–Crippen LogP) is 0.956. The van der Waals surface area contributed by atoms with Gasteiger partial charge >= 0.3 is 0 Å². The molecule has 166 valence electrons. The number of amides is 1. The number of carbonyl (C=O) groups excluding carboxylic acids is 1. The summed E-state index contributed by atoms with van der Waals surface area (Å²) in [5.41, 5.74) is 0.834. The van der Waals surface area contributed by atoms with Crippen LogP contribution in [0.3, 0.4) is 0 Å². The zero-order chi connectivity index (χ0) is 21.5. The molecule has 1 saturated heterocycles. The molecule has 0 spiro atoms. The topological polar surface area (TPSA) is 113 Å². The van der Waals surface area contributed by atoms with E-state index in [4.69, 9.17) is 4.74 Å². The molecule has 1 amide bonds. The van der Waals surface area contributed by atoms with Crippen LogP contribution in [0.15, 0.2) is 4.79 Å². The third kappa shape index (κ3) is 4.17. The minimum absolute atomic E-state index is 0.0120. The van der Waals surface area contributed by atoms with Crippen LogP contribution in [0.1, 0.15) is 61.6 Å². The molecule has 1 saturated carbocycles. The normalized spacial score (nSPS) is 27.8. The largest absolute Gasteiger partial charge is 0.381 e. The molecule has 2 fully saturated rings. The molecule has 3 heterocycles. The molecule has 9 nitrogen and oxygen atoms in total. The molecule has 0 radical (unpaired) electrons. The Morgan fingerprint density at radius 3 is 2.57 bits per heavy atom. The van der Waals surface area contributed by atoms with Crippen molar-refractivity contribution in [1.29, 1.82) is 0 Å². The second kappa shape index (κ2) is 8.39. The summed E-state index contributed by atoms with van der Waals surface area (Å²) < 4.78 is 30.6. The average molecular weight is 439 g/mol. The Kier molecular flexibility index (Phi) is 6.00. The Bertz CT molecular complexity index is 968. The lowest BCUT2D eigenvalue weighted by Gasteiger charge is -2.32. The summed E-state index contributed by atoms with van der Waals surface area (Å²) in [6.45, 7) is 1.05. The van der Waals surface area contributed by atoms with Crippen LogP contribution < -0.4 is 5.56 Å². The molecular weight excluding hydrogens is 408 g/mol. The van der Waals surface area contributed by atoms with Crippen LogP contribution in [0.4, 0.5) is 0 Å². The number of H-pyrrole nitrogens is 1. The Balaban J connectivity index is 1.55. The first kappa shape index (κ1) is 21.5. The van der Waals surface area contributed by atoms with Gasteiger partial charge in [-0.1, -0.05) is 0 Å². The molecule has 3 aliphatic rings. The summed E-state index contributed by atoms with van der Waals surface area (Å²) in [4.78, 5) is 35.3. The van der Waals surface area contributed by atoms with E-state index in [2.05, 4.69) is 9.97 Å². The summed E-state index contributed by atoms with van der Waals surface area (Å²) >= 11 is 0. The number of methoxy groups -OCH3 is 1. The highest BCUT2D eigenvalue weighted by molar-refractivity contribution is 7.88. The van der Waals surface area contributed by atoms with Crippen LogP contribution in [-0.2, 0) is 32.5 Å². The van der Waals surface area contributed by atoms with E-state index in [1.165, 1.54) is 10.6 Å². The van der Waals surface area contributed by atoms with Crippen LogP contribution in [-0.4, -0.2) is 66.1 Å². The summed E-state index contributed by atoms with van der Waals surface area (Å²) in [5.74, 6) is 0.595. The number of likely N-dealkylation sites (tertiary alicyclic amines) is 1. The van der Waals surface area contributed by atoms with E-state index in [1.54, 1.807) is 7.11 Å². The number of carbonyl (C=O) groups is 1. The minimum Gasteiger partial charge on any atom is -0.381 e. The highest BCUT2D eigenvalue weighted by Crippen LogP contribution is 2.35. The van der Waals surface area contributed by atoms with Crippen LogP contribution in [0.2, 0.25) is 0 Å². The third-order valence-corrected chi connectivity index (χ3v) is 7.98. The second-order valence-corrected chi connectivity index (χ2v) is 10.6. The van der Waals surface area contributed by atoms with E-state index in [-0.39, 0.29) is 42.6 Å². The Hall–Kier alpha value is -1.78. The lowest BCUT2D eigenvalue weighted by molar-refractivity contribution is -0.138. The first-order valence-electron chi connectivity index (χ1n) is 10.7. The van der Waals surface area contributed by atoms with Gasteiger partial charge in [0, 0.05) is 31.7 Å². The fourth-order valence-electron chi connectivity index (χ4n) is 4.97. The Labute approximate surface area is 176 Å². The van der Waals surface area contributed by atoms with Crippen molar-refractivity contribution >= 4 is 15.9 Å². The average Bonchev–Trinajstić information content (AvgIpc) is 3.22. The van der Waals surface area contributed by atoms with Crippen molar-refractivity contribution in [3.05, 3.63) is 27.4 Å². The Morgan fingerprint density at radius 2 is 1.90 bits per heavy atom. The molecule has 30 heavy (non-hydrogen) atoms. The number of hydrogen-bond acceptors (Lipinski definition) is 6. The van der Waals surface area contributed by atoms with E-state index < -0.39 is 10.0 Å². The van der Waals surface area contributed by atoms with E-state index in [9.17, 15) is 18.0 Å². The smallest absolute Gasteiger partial charge is 0.254 e.